The van der Waals surface area contributed by atoms with Gasteiger partial charge in [-0.15, -0.1) is 0 Å². The van der Waals surface area contributed by atoms with Crippen LogP contribution in [0.1, 0.15) is 25.0 Å². The van der Waals surface area contributed by atoms with E-state index in [0.717, 1.165) is 22.6 Å². The average molecular weight is 395 g/mol. The number of hydrogen-bond acceptors (Lipinski definition) is 5. The van der Waals surface area contributed by atoms with Crippen molar-refractivity contribution in [3.05, 3.63) is 53.1 Å². The highest BCUT2D eigenvalue weighted by molar-refractivity contribution is 5.99. The first-order valence-electron chi connectivity index (χ1n) is 9.97. The van der Waals surface area contributed by atoms with Gasteiger partial charge in [-0.1, -0.05) is 24.3 Å². The molecule has 0 atom stereocenters. The summed E-state index contributed by atoms with van der Waals surface area (Å²) in [6.45, 7) is 6.77. The molecule has 0 spiro atoms. The van der Waals surface area contributed by atoms with Gasteiger partial charge in [0.1, 0.15) is 19.8 Å². The van der Waals surface area contributed by atoms with E-state index in [-0.39, 0.29) is 12.5 Å². The average Bonchev–Trinajstić information content (AvgIpc) is 2.77. The van der Waals surface area contributed by atoms with Crippen molar-refractivity contribution < 1.29 is 23.7 Å². The van der Waals surface area contributed by atoms with Crippen molar-refractivity contribution in [3.63, 3.8) is 0 Å². The van der Waals surface area contributed by atoms with Gasteiger partial charge in [-0.3, -0.25) is 4.79 Å². The summed E-state index contributed by atoms with van der Waals surface area (Å²) in [7, 11) is 0. The van der Waals surface area contributed by atoms with E-state index in [0.29, 0.717) is 50.0 Å². The standard InChI is InChI=1S/C23H25NO5/c1-3-24(14-17-8-6-10-20-22(17)28-12-11-27-20)23(25)18-13-16-7-5-9-19(26-4-2)21(16)29-15-18/h5-10,13H,3-4,11-12,14-15H2,1-2H3. The van der Waals surface area contributed by atoms with E-state index in [4.69, 9.17) is 18.9 Å². The van der Waals surface area contributed by atoms with Gasteiger partial charge in [-0.25, -0.2) is 0 Å². The van der Waals surface area contributed by atoms with Gasteiger partial charge in [0.05, 0.1) is 12.2 Å². The highest BCUT2D eigenvalue weighted by Crippen LogP contribution is 2.37. The van der Waals surface area contributed by atoms with Crippen molar-refractivity contribution >= 4 is 12.0 Å². The minimum Gasteiger partial charge on any atom is -0.490 e. The number of ether oxygens (including phenoxy) is 4. The van der Waals surface area contributed by atoms with E-state index in [1.165, 1.54) is 0 Å². The molecule has 0 unspecified atom stereocenters. The maximum atomic E-state index is 13.2. The molecule has 6 heteroatoms. The number of nitrogens with zero attached hydrogens (tertiary/aromatic N) is 1. The van der Waals surface area contributed by atoms with Crippen LogP contribution < -0.4 is 18.9 Å². The lowest BCUT2D eigenvalue weighted by Crippen LogP contribution is -2.34. The summed E-state index contributed by atoms with van der Waals surface area (Å²) < 4.78 is 23.0. The molecule has 152 valence electrons. The maximum absolute atomic E-state index is 13.2. The number of para-hydroxylation sites is 2. The molecule has 0 saturated carbocycles. The topological polar surface area (TPSA) is 57.2 Å². The number of hydrogen-bond donors (Lipinski definition) is 0. The van der Waals surface area contributed by atoms with Crippen LogP contribution in [-0.2, 0) is 11.3 Å². The summed E-state index contributed by atoms with van der Waals surface area (Å²) >= 11 is 0. The molecule has 2 aliphatic heterocycles. The van der Waals surface area contributed by atoms with Crippen LogP contribution in [0.25, 0.3) is 6.08 Å². The normalized spacial score (nSPS) is 14.3. The molecular formula is C23H25NO5. The van der Waals surface area contributed by atoms with Gasteiger partial charge >= 0.3 is 0 Å². The summed E-state index contributed by atoms with van der Waals surface area (Å²) in [6.07, 6.45) is 1.90. The molecule has 6 nitrogen and oxygen atoms in total. The Balaban J connectivity index is 1.56. The third-order valence-corrected chi connectivity index (χ3v) is 4.96. The lowest BCUT2D eigenvalue weighted by Gasteiger charge is -2.27. The van der Waals surface area contributed by atoms with Gasteiger partial charge in [0, 0.05) is 24.2 Å². The Morgan fingerprint density at radius 1 is 1.03 bits per heavy atom. The second-order valence-corrected chi connectivity index (χ2v) is 6.83. The molecule has 0 aromatic heterocycles. The molecule has 2 aliphatic rings. The van der Waals surface area contributed by atoms with Crippen molar-refractivity contribution in [2.75, 3.05) is 33.0 Å². The highest BCUT2D eigenvalue weighted by Gasteiger charge is 2.25. The van der Waals surface area contributed by atoms with Crippen LogP contribution in [0.2, 0.25) is 0 Å². The lowest BCUT2D eigenvalue weighted by atomic mass is 10.1. The number of benzene rings is 2. The molecule has 2 aromatic rings. The zero-order valence-electron chi connectivity index (χ0n) is 16.8. The fourth-order valence-corrected chi connectivity index (χ4v) is 3.57. The minimum absolute atomic E-state index is 0.0470. The third-order valence-electron chi connectivity index (χ3n) is 4.96. The first kappa shape index (κ1) is 19.2. The molecule has 0 aliphatic carbocycles. The Morgan fingerprint density at radius 2 is 1.86 bits per heavy atom. The number of fused-ring (bicyclic) bond motifs is 2. The third kappa shape index (κ3) is 3.88. The van der Waals surface area contributed by atoms with Crippen molar-refractivity contribution in [3.8, 4) is 23.0 Å². The molecule has 29 heavy (non-hydrogen) atoms. The smallest absolute Gasteiger partial charge is 0.253 e. The molecule has 2 aromatic carbocycles. The molecule has 0 fully saturated rings. The van der Waals surface area contributed by atoms with Crippen LogP contribution in [-0.4, -0.2) is 43.8 Å². The van der Waals surface area contributed by atoms with Gasteiger partial charge in [0.2, 0.25) is 0 Å². The number of carbonyl (C=O) groups is 1. The summed E-state index contributed by atoms with van der Waals surface area (Å²) in [5.74, 6) is 2.81. The van der Waals surface area contributed by atoms with E-state index in [1.54, 1.807) is 4.90 Å². The molecular weight excluding hydrogens is 370 g/mol. The monoisotopic (exact) mass is 395 g/mol. The first-order chi connectivity index (χ1) is 14.2. The number of likely N-dealkylation sites (N-methyl/N-ethyl adjacent to an activating group) is 1. The SMILES string of the molecule is CCOc1cccc2c1OCC(C(=O)N(CC)Cc1cccc3c1OCCO3)=C2. The van der Waals surface area contributed by atoms with Gasteiger partial charge in [-0.05, 0) is 32.1 Å². The first-order valence-corrected chi connectivity index (χ1v) is 9.97. The zero-order chi connectivity index (χ0) is 20.2. The molecule has 4 rings (SSSR count). The van der Waals surface area contributed by atoms with E-state index in [2.05, 4.69) is 0 Å². The second-order valence-electron chi connectivity index (χ2n) is 6.83. The van der Waals surface area contributed by atoms with Crippen LogP contribution in [0.5, 0.6) is 23.0 Å². The van der Waals surface area contributed by atoms with Gasteiger partial charge < -0.3 is 23.8 Å². The van der Waals surface area contributed by atoms with Crippen LogP contribution in [0.4, 0.5) is 0 Å². The van der Waals surface area contributed by atoms with Crippen LogP contribution in [0.3, 0.4) is 0 Å². The van der Waals surface area contributed by atoms with Gasteiger partial charge in [0.25, 0.3) is 5.91 Å². The Labute approximate surface area is 170 Å². The highest BCUT2D eigenvalue weighted by atomic mass is 16.6. The van der Waals surface area contributed by atoms with Gasteiger partial charge in [0.15, 0.2) is 23.0 Å². The van der Waals surface area contributed by atoms with Crippen molar-refractivity contribution in [2.45, 2.75) is 20.4 Å². The molecule has 0 radical (unpaired) electrons. The summed E-state index contributed by atoms with van der Waals surface area (Å²) in [6, 6.07) is 11.5. The Hall–Kier alpha value is -3.15. The molecule has 2 heterocycles. The van der Waals surface area contributed by atoms with E-state index in [1.807, 2.05) is 56.3 Å². The quantitative estimate of drug-likeness (QED) is 0.747. The van der Waals surface area contributed by atoms with E-state index in [9.17, 15) is 4.79 Å². The minimum atomic E-state index is -0.0470. The summed E-state index contributed by atoms with van der Waals surface area (Å²) in [5.41, 5.74) is 2.42. The van der Waals surface area contributed by atoms with Crippen LogP contribution in [0, 0.1) is 0 Å². The van der Waals surface area contributed by atoms with E-state index < -0.39 is 0 Å². The van der Waals surface area contributed by atoms with E-state index >= 15 is 0 Å². The molecule has 0 bridgehead atoms. The lowest BCUT2D eigenvalue weighted by molar-refractivity contribution is -0.127. The summed E-state index contributed by atoms with van der Waals surface area (Å²) in [4.78, 5) is 15.0. The number of rotatable bonds is 6. The fourth-order valence-electron chi connectivity index (χ4n) is 3.57. The molecule has 0 saturated heterocycles. The summed E-state index contributed by atoms with van der Waals surface area (Å²) in [5, 5.41) is 0. The number of amides is 1. The predicted octanol–water partition coefficient (Wildman–Crippen LogP) is 3.68. The van der Waals surface area contributed by atoms with Crippen LogP contribution >= 0.6 is 0 Å². The van der Waals surface area contributed by atoms with Crippen LogP contribution in [0.15, 0.2) is 42.0 Å². The largest absolute Gasteiger partial charge is 0.490 e. The Kier molecular flexibility index (Phi) is 5.60. The molecule has 1 amide bonds. The second kappa shape index (κ2) is 8.47. The van der Waals surface area contributed by atoms with Crippen molar-refractivity contribution in [1.29, 1.82) is 0 Å². The number of carbonyl (C=O) groups excluding carboxylic acids is 1. The Bertz CT molecular complexity index is 937. The zero-order valence-corrected chi connectivity index (χ0v) is 16.8. The van der Waals surface area contributed by atoms with Gasteiger partial charge in [-0.2, -0.15) is 0 Å². The Morgan fingerprint density at radius 3 is 2.69 bits per heavy atom. The predicted molar refractivity (Wildman–Crippen MR) is 110 cm³/mol. The maximum Gasteiger partial charge on any atom is 0.253 e. The van der Waals surface area contributed by atoms with Crippen molar-refractivity contribution in [2.24, 2.45) is 0 Å². The van der Waals surface area contributed by atoms with Crippen molar-refractivity contribution in [1.82, 2.24) is 4.90 Å². The fraction of sp³-hybridized carbons (Fsp3) is 0.348. The molecule has 0 N–H and O–H groups in total.